The highest BCUT2D eigenvalue weighted by molar-refractivity contribution is 6.06. The molecule has 1 aromatic heterocycles. The van der Waals surface area contributed by atoms with Gasteiger partial charge in [-0.2, -0.15) is 0 Å². The highest BCUT2D eigenvalue weighted by Crippen LogP contribution is 2.15. The second-order valence-electron chi connectivity index (χ2n) is 4.96. The molecule has 0 aliphatic heterocycles. The molecule has 0 saturated heterocycles. The first-order chi connectivity index (χ1) is 10.6. The highest BCUT2D eigenvalue weighted by Gasteiger charge is 2.15. The Morgan fingerprint density at radius 3 is 2.68 bits per heavy atom. The second kappa shape index (κ2) is 5.44. The number of carbonyl (C=O) groups excluding carboxylic acids is 1. The van der Waals surface area contributed by atoms with Crippen LogP contribution >= 0.6 is 0 Å². The molecular weight excluding hydrogens is 283 g/mol. The molecule has 0 fully saturated rings. The van der Waals surface area contributed by atoms with Crippen molar-refractivity contribution in [3.05, 3.63) is 75.8 Å². The number of nitrogens with one attached hydrogen (secondary N) is 2. The minimum Gasteiger partial charge on any atom is -0.358 e. The summed E-state index contributed by atoms with van der Waals surface area (Å²) < 4.78 is 13.6. The number of aryl methyl sites for hydroxylation is 1. The van der Waals surface area contributed by atoms with Crippen molar-refractivity contribution in [3.63, 3.8) is 0 Å². The first-order valence-corrected chi connectivity index (χ1v) is 6.75. The zero-order valence-electron chi connectivity index (χ0n) is 11.8. The predicted octanol–water partition coefficient (Wildman–Crippen LogP) is 3.23. The van der Waals surface area contributed by atoms with Crippen molar-refractivity contribution >= 4 is 22.5 Å². The van der Waals surface area contributed by atoms with Gasteiger partial charge in [0.15, 0.2) is 0 Å². The van der Waals surface area contributed by atoms with Gasteiger partial charge in [-0.05, 0) is 30.7 Å². The summed E-state index contributed by atoms with van der Waals surface area (Å²) in [5, 5.41) is 2.84. The summed E-state index contributed by atoms with van der Waals surface area (Å²) in [6, 6.07) is 11.4. The summed E-state index contributed by atoms with van der Waals surface area (Å²) in [7, 11) is 0. The van der Waals surface area contributed by atoms with Crippen LogP contribution in [0.3, 0.4) is 0 Å². The Hall–Kier alpha value is -2.95. The van der Waals surface area contributed by atoms with Crippen molar-refractivity contribution < 1.29 is 9.18 Å². The molecule has 1 heterocycles. The minimum atomic E-state index is -0.527. The zero-order valence-corrected chi connectivity index (χ0v) is 11.8. The van der Waals surface area contributed by atoms with Gasteiger partial charge in [-0.1, -0.05) is 24.3 Å². The van der Waals surface area contributed by atoms with E-state index in [1.54, 1.807) is 12.1 Å². The van der Waals surface area contributed by atoms with Gasteiger partial charge >= 0.3 is 0 Å². The normalized spacial score (nSPS) is 10.6. The maximum Gasteiger partial charge on any atom is 0.261 e. The molecule has 0 saturated carbocycles. The molecule has 3 rings (SSSR count). The number of anilines is 1. The second-order valence-corrected chi connectivity index (χ2v) is 4.96. The van der Waals surface area contributed by atoms with E-state index in [9.17, 15) is 14.0 Å². The Labute approximate surface area is 125 Å². The van der Waals surface area contributed by atoms with Crippen LogP contribution in [-0.4, -0.2) is 10.9 Å². The first kappa shape index (κ1) is 14.0. The third kappa shape index (κ3) is 2.37. The van der Waals surface area contributed by atoms with Gasteiger partial charge in [0.2, 0.25) is 5.43 Å². The van der Waals surface area contributed by atoms with Gasteiger partial charge < -0.3 is 10.3 Å². The van der Waals surface area contributed by atoms with Crippen LogP contribution in [0.4, 0.5) is 10.1 Å². The number of carbonyl (C=O) groups is 1. The fourth-order valence-corrected chi connectivity index (χ4v) is 2.29. The summed E-state index contributed by atoms with van der Waals surface area (Å²) in [5.41, 5.74) is 1.06. The summed E-state index contributed by atoms with van der Waals surface area (Å²) >= 11 is 0. The summed E-state index contributed by atoms with van der Waals surface area (Å²) in [6.07, 6.45) is 1.24. The quantitative estimate of drug-likeness (QED) is 0.762. The fourth-order valence-electron chi connectivity index (χ4n) is 2.29. The van der Waals surface area contributed by atoms with Gasteiger partial charge in [-0.15, -0.1) is 0 Å². The van der Waals surface area contributed by atoms with Crippen molar-refractivity contribution in [2.75, 3.05) is 5.32 Å². The highest BCUT2D eigenvalue weighted by atomic mass is 19.1. The summed E-state index contributed by atoms with van der Waals surface area (Å²) in [5.74, 6) is -1.05. The van der Waals surface area contributed by atoms with Gasteiger partial charge in [0.05, 0.1) is 5.52 Å². The van der Waals surface area contributed by atoms with Crippen LogP contribution in [0.2, 0.25) is 0 Å². The lowest BCUT2D eigenvalue weighted by Crippen LogP contribution is -2.22. The molecule has 0 aliphatic carbocycles. The molecule has 4 nitrogen and oxygen atoms in total. The van der Waals surface area contributed by atoms with Crippen LogP contribution in [0, 0.1) is 12.7 Å². The zero-order chi connectivity index (χ0) is 15.7. The van der Waals surface area contributed by atoms with Gasteiger partial charge in [-0.25, -0.2) is 4.39 Å². The number of H-pyrrole nitrogens is 1. The van der Waals surface area contributed by atoms with Gasteiger partial charge in [-0.3, -0.25) is 9.59 Å². The molecule has 0 spiro atoms. The topological polar surface area (TPSA) is 62.0 Å². The smallest absolute Gasteiger partial charge is 0.261 e. The number of aromatic amines is 1. The molecule has 3 aromatic rings. The van der Waals surface area contributed by atoms with E-state index in [4.69, 9.17) is 0 Å². The number of hydrogen-bond acceptors (Lipinski definition) is 2. The number of rotatable bonds is 2. The number of fused-ring (bicyclic) bond motifs is 1. The number of amides is 1. The van der Waals surface area contributed by atoms with Crippen LogP contribution in [-0.2, 0) is 0 Å². The van der Waals surface area contributed by atoms with E-state index in [-0.39, 0.29) is 16.5 Å². The number of aromatic nitrogens is 1. The first-order valence-electron chi connectivity index (χ1n) is 6.75. The summed E-state index contributed by atoms with van der Waals surface area (Å²) in [4.78, 5) is 27.3. The lowest BCUT2D eigenvalue weighted by Gasteiger charge is -2.08. The van der Waals surface area contributed by atoms with Crippen LogP contribution < -0.4 is 10.7 Å². The standard InChI is InChI=1S/C17H13FN2O2/c1-10-5-2-3-8-14(10)20-17(22)12-9-19-15-11(16(12)21)6-4-7-13(15)18/h2-9H,1H3,(H,19,21)(H,20,22). The van der Waals surface area contributed by atoms with E-state index in [1.807, 2.05) is 19.1 Å². The van der Waals surface area contributed by atoms with Crippen molar-refractivity contribution in [1.82, 2.24) is 4.98 Å². The molecule has 5 heteroatoms. The van der Waals surface area contributed by atoms with Crippen LogP contribution in [0.1, 0.15) is 15.9 Å². The average molecular weight is 296 g/mol. The number of para-hydroxylation sites is 2. The van der Waals surface area contributed by atoms with Crippen molar-refractivity contribution in [2.24, 2.45) is 0 Å². The number of halogens is 1. The lowest BCUT2D eigenvalue weighted by atomic mass is 10.1. The minimum absolute atomic E-state index is 0.0543. The maximum absolute atomic E-state index is 13.6. The van der Waals surface area contributed by atoms with Gasteiger partial charge in [0, 0.05) is 17.3 Å². The number of pyridine rings is 1. The van der Waals surface area contributed by atoms with Crippen molar-refractivity contribution in [2.45, 2.75) is 6.92 Å². The molecular formula is C17H13FN2O2. The molecule has 0 atom stereocenters. The Kier molecular flexibility index (Phi) is 3.47. The fraction of sp³-hybridized carbons (Fsp3) is 0.0588. The molecule has 22 heavy (non-hydrogen) atoms. The van der Waals surface area contributed by atoms with E-state index in [0.29, 0.717) is 5.69 Å². The average Bonchev–Trinajstić information content (AvgIpc) is 2.51. The molecule has 0 aliphatic rings. The van der Waals surface area contributed by atoms with E-state index < -0.39 is 17.2 Å². The number of benzene rings is 2. The van der Waals surface area contributed by atoms with E-state index in [2.05, 4.69) is 10.3 Å². The summed E-state index contributed by atoms with van der Waals surface area (Å²) in [6.45, 7) is 1.86. The molecule has 0 radical (unpaired) electrons. The van der Waals surface area contributed by atoms with Crippen LogP contribution in [0.25, 0.3) is 10.9 Å². The molecule has 0 bridgehead atoms. The van der Waals surface area contributed by atoms with Gasteiger partial charge in [0.1, 0.15) is 11.4 Å². The molecule has 0 unspecified atom stereocenters. The van der Waals surface area contributed by atoms with E-state index in [1.165, 1.54) is 24.4 Å². The Morgan fingerprint density at radius 1 is 1.14 bits per heavy atom. The SMILES string of the molecule is Cc1ccccc1NC(=O)c1c[nH]c2c(F)cccc2c1=O. The monoisotopic (exact) mass is 296 g/mol. The molecule has 110 valence electrons. The Morgan fingerprint density at radius 2 is 1.91 bits per heavy atom. The largest absolute Gasteiger partial charge is 0.358 e. The Balaban J connectivity index is 2.04. The van der Waals surface area contributed by atoms with E-state index in [0.717, 1.165) is 5.56 Å². The maximum atomic E-state index is 13.6. The van der Waals surface area contributed by atoms with Crippen LogP contribution in [0.5, 0.6) is 0 Å². The molecule has 2 aromatic carbocycles. The van der Waals surface area contributed by atoms with Crippen molar-refractivity contribution in [1.29, 1.82) is 0 Å². The third-order valence-electron chi connectivity index (χ3n) is 3.50. The lowest BCUT2D eigenvalue weighted by molar-refractivity contribution is 0.102. The molecule has 2 N–H and O–H groups in total. The predicted molar refractivity (Wildman–Crippen MR) is 83.7 cm³/mol. The van der Waals surface area contributed by atoms with Gasteiger partial charge in [0.25, 0.3) is 5.91 Å². The van der Waals surface area contributed by atoms with Crippen LogP contribution in [0.15, 0.2) is 53.5 Å². The third-order valence-corrected chi connectivity index (χ3v) is 3.50. The number of hydrogen-bond donors (Lipinski definition) is 2. The van der Waals surface area contributed by atoms with E-state index >= 15 is 0 Å². The molecule has 1 amide bonds. The van der Waals surface area contributed by atoms with Crippen molar-refractivity contribution in [3.8, 4) is 0 Å². The Bertz CT molecular complexity index is 931.